The van der Waals surface area contributed by atoms with Crippen molar-refractivity contribution in [1.82, 2.24) is 4.72 Å². The van der Waals surface area contributed by atoms with Gasteiger partial charge in [-0.2, -0.15) is 0 Å². The van der Waals surface area contributed by atoms with E-state index in [9.17, 15) is 13.2 Å². The first-order valence-electron chi connectivity index (χ1n) is 9.37. The molecule has 1 heterocycles. The highest BCUT2D eigenvalue weighted by atomic mass is 35.5. The number of anilines is 1. The van der Waals surface area contributed by atoms with Gasteiger partial charge in [0.2, 0.25) is 15.9 Å². The van der Waals surface area contributed by atoms with Crippen LogP contribution in [0.1, 0.15) is 37.8 Å². The van der Waals surface area contributed by atoms with E-state index in [1.54, 1.807) is 42.5 Å². The van der Waals surface area contributed by atoms with E-state index in [4.69, 9.17) is 11.6 Å². The second-order valence-corrected chi connectivity index (χ2v) is 10.4. The summed E-state index contributed by atoms with van der Waals surface area (Å²) < 4.78 is 28.2. The van der Waals surface area contributed by atoms with Gasteiger partial charge in [-0.15, -0.1) is 0 Å². The third-order valence-corrected chi connectivity index (χ3v) is 7.07. The molecular weight excluding hydrogens is 396 g/mol. The van der Waals surface area contributed by atoms with Crippen LogP contribution in [0.5, 0.6) is 0 Å². The van der Waals surface area contributed by atoms with Crippen molar-refractivity contribution in [1.29, 1.82) is 0 Å². The van der Waals surface area contributed by atoms with Crippen LogP contribution in [0.4, 0.5) is 5.69 Å². The Hall–Kier alpha value is -1.89. The van der Waals surface area contributed by atoms with E-state index in [1.807, 2.05) is 18.7 Å². The molecule has 2 aromatic carbocycles. The predicted octanol–water partition coefficient (Wildman–Crippen LogP) is 3.85. The van der Waals surface area contributed by atoms with Crippen molar-refractivity contribution in [3.05, 3.63) is 58.6 Å². The average Bonchev–Trinajstić information content (AvgIpc) is 3.46. The number of rotatable bonds is 5. The Bertz CT molecular complexity index is 1030. The number of halogens is 1. The highest BCUT2D eigenvalue weighted by Gasteiger charge is 2.43. The molecule has 1 aliphatic heterocycles. The summed E-state index contributed by atoms with van der Waals surface area (Å²) in [5.74, 6) is 0.287. The third kappa shape index (κ3) is 3.69. The van der Waals surface area contributed by atoms with E-state index < -0.39 is 10.0 Å². The molecule has 0 spiro atoms. The molecule has 1 amide bonds. The summed E-state index contributed by atoms with van der Waals surface area (Å²) in [6.45, 7) is 4.86. The van der Waals surface area contributed by atoms with Gasteiger partial charge in [-0.25, -0.2) is 13.1 Å². The number of hydrogen-bond donors (Lipinski definition) is 1. The highest BCUT2D eigenvalue weighted by molar-refractivity contribution is 7.89. The van der Waals surface area contributed by atoms with Crippen molar-refractivity contribution < 1.29 is 13.2 Å². The van der Waals surface area contributed by atoms with Crippen molar-refractivity contribution in [2.45, 2.75) is 43.5 Å². The van der Waals surface area contributed by atoms with Crippen molar-refractivity contribution in [2.75, 3.05) is 11.4 Å². The quantitative estimate of drug-likeness (QED) is 0.801. The Balaban J connectivity index is 1.58. The van der Waals surface area contributed by atoms with Crippen LogP contribution in [-0.2, 0) is 26.8 Å². The van der Waals surface area contributed by atoms with E-state index in [-0.39, 0.29) is 28.7 Å². The number of nitrogens with zero attached hydrogens (tertiary/aromatic N) is 1. The lowest BCUT2D eigenvalue weighted by molar-refractivity contribution is -0.119. The number of amides is 1. The van der Waals surface area contributed by atoms with Gasteiger partial charge in [0.25, 0.3) is 0 Å². The molecule has 2 aliphatic rings. The van der Waals surface area contributed by atoms with Crippen LogP contribution < -0.4 is 9.62 Å². The summed E-state index contributed by atoms with van der Waals surface area (Å²) in [5, 5.41) is 0.609. The maximum atomic E-state index is 12.8. The third-order valence-electron chi connectivity index (χ3n) is 5.42. The number of benzene rings is 2. The Morgan fingerprint density at radius 3 is 2.50 bits per heavy atom. The van der Waals surface area contributed by atoms with Crippen molar-refractivity contribution in [2.24, 2.45) is 5.92 Å². The van der Waals surface area contributed by atoms with Crippen LogP contribution in [0, 0.1) is 5.92 Å². The fourth-order valence-corrected chi connectivity index (χ4v) is 4.81. The lowest BCUT2D eigenvalue weighted by Gasteiger charge is -2.20. The molecule has 0 unspecified atom stereocenters. The van der Waals surface area contributed by atoms with Crippen LogP contribution in [0.15, 0.2) is 47.4 Å². The molecule has 7 heteroatoms. The smallest absolute Gasteiger partial charge is 0.240 e. The highest BCUT2D eigenvalue weighted by Crippen LogP contribution is 2.44. The molecule has 0 aromatic heterocycles. The van der Waals surface area contributed by atoms with Crippen molar-refractivity contribution in [3.8, 4) is 0 Å². The first-order valence-corrected chi connectivity index (χ1v) is 11.2. The van der Waals surface area contributed by atoms with E-state index in [1.165, 1.54) is 0 Å². The summed E-state index contributed by atoms with van der Waals surface area (Å²) in [6, 6.07) is 12.1. The molecule has 1 saturated carbocycles. The van der Waals surface area contributed by atoms with Gasteiger partial charge >= 0.3 is 0 Å². The second-order valence-electron chi connectivity index (χ2n) is 8.21. The van der Waals surface area contributed by atoms with Gasteiger partial charge in [0.05, 0.1) is 4.90 Å². The normalized spacial score (nSPS) is 18.2. The van der Waals surface area contributed by atoms with E-state index in [2.05, 4.69) is 4.72 Å². The largest absolute Gasteiger partial charge is 0.311 e. The number of hydrogen-bond acceptors (Lipinski definition) is 3. The fourth-order valence-electron chi connectivity index (χ4n) is 3.64. The summed E-state index contributed by atoms with van der Waals surface area (Å²) >= 11 is 5.87. The van der Waals surface area contributed by atoms with Gasteiger partial charge in [-0.3, -0.25) is 4.79 Å². The second kappa shape index (κ2) is 6.87. The van der Waals surface area contributed by atoms with Crippen molar-refractivity contribution in [3.63, 3.8) is 0 Å². The van der Waals surface area contributed by atoms with E-state index in [0.29, 0.717) is 11.6 Å². The lowest BCUT2D eigenvalue weighted by Crippen LogP contribution is -2.34. The SMILES string of the molecule is CC1(C)CN(C(=O)C2CC2)c2ccc(S(=O)(=O)NCc3ccc(Cl)cc3)cc21. The van der Waals surface area contributed by atoms with Crippen molar-refractivity contribution >= 4 is 33.2 Å². The first-order chi connectivity index (χ1) is 13.2. The molecule has 5 nitrogen and oxygen atoms in total. The molecule has 0 atom stereocenters. The monoisotopic (exact) mass is 418 g/mol. The molecule has 1 N–H and O–H groups in total. The maximum Gasteiger partial charge on any atom is 0.240 e. The average molecular weight is 419 g/mol. The molecule has 4 rings (SSSR count). The number of sulfonamides is 1. The minimum Gasteiger partial charge on any atom is -0.311 e. The molecule has 0 saturated heterocycles. The van der Waals surface area contributed by atoms with Crippen LogP contribution in [0.2, 0.25) is 5.02 Å². The summed E-state index contributed by atoms with van der Waals surface area (Å²) in [6.07, 6.45) is 1.90. The van der Waals surface area contributed by atoms with Crippen LogP contribution in [0.25, 0.3) is 0 Å². The summed E-state index contributed by atoms with van der Waals surface area (Å²) in [4.78, 5) is 14.6. The van der Waals surface area contributed by atoms with Gasteiger partial charge in [0.15, 0.2) is 0 Å². The van der Waals surface area contributed by atoms with Gasteiger partial charge in [-0.05, 0) is 54.3 Å². The van der Waals surface area contributed by atoms with Gasteiger partial charge in [0, 0.05) is 35.1 Å². The van der Waals surface area contributed by atoms with E-state index in [0.717, 1.165) is 29.7 Å². The molecule has 1 aliphatic carbocycles. The summed E-state index contributed by atoms with van der Waals surface area (Å²) in [5.41, 5.74) is 2.27. The minimum atomic E-state index is -3.67. The molecule has 2 aromatic rings. The Morgan fingerprint density at radius 2 is 1.86 bits per heavy atom. The standard InChI is InChI=1S/C21H23ClN2O3S/c1-21(2)13-24(20(25)15-5-6-15)19-10-9-17(11-18(19)21)28(26,27)23-12-14-3-7-16(22)8-4-14/h3-4,7-11,15,23H,5-6,12-13H2,1-2H3. The number of carbonyl (C=O) groups is 1. The van der Waals surface area contributed by atoms with Crippen LogP contribution in [-0.4, -0.2) is 20.9 Å². The maximum absolute atomic E-state index is 12.8. The van der Waals surface area contributed by atoms with Gasteiger partial charge < -0.3 is 4.90 Å². The molecule has 0 radical (unpaired) electrons. The predicted molar refractivity (Wildman–Crippen MR) is 110 cm³/mol. The number of fused-ring (bicyclic) bond motifs is 1. The zero-order valence-electron chi connectivity index (χ0n) is 15.9. The molecule has 1 fully saturated rings. The van der Waals surface area contributed by atoms with Gasteiger partial charge in [0.1, 0.15) is 0 Å². The Kier molecular flexibility index (Phi) is 4.76. The van der Waals surface area contributed by atoms with E-state index >= 15 is 0 Å². The topological polar surface area (TPSA) is 66.5 Å². The summed E-state index contributed by atoms with van der Waals surface area (Å²) in [7, 11) is -3.67. The molecule has 0 bridgehead atoms. The van der Waals surface area contributed by atoms with Crippen LogP contribution >= 0.6 is 11.6 Å². The minimum absolute atomic E-state index is 0.131. The Labute approximate surface area is 170 Å². The zero-order chi connectivity index (χ0) is 20.1. The molecule has 148 valence electrons. The Morgan fingerprint density at radius 1 is 1.18 bits per heavy atom. The number of nitrogens with one attached hydrogen (secondary N) is 1. The number of carbonyl (C=O) groups excluding carboxylic acids is 1. The fraction of sp³-hybridized carbons (Fsp3) is 0.381. The molecular formula is C21H23ClN2O3S. The van der Waals surface area contributed by atoms with Gasteiger partial charge in [-0.1, -0.05) is 37.6 Å². The molecule has 28 heavy (non-hydrogen) atoms. The first kappa shape index (κ1) is 19.4. The lowest BCUT2D eigenvalue weighted by atomic mass is 9.87. The zero-order valence-corrected chi connectivity index (χ0v) is 17.5. The van der Waals surface area contributed by atoms with Crippen LogP contribution in [0.3, 0.4) is 0 Å².